The lowest BCUT2D eigenvalue weighted by Crippen LogP contribution is -2.00. The Kier molecular flexibility index (Phi) is 3.55. The highest BCUT2D eigenvalue weighted by molar-refractivity contribution is 6.32. The number of hydrogen-bond acceptors (Lipinski definition) is 2. The lowest BCUT2D eigenvalue weighted by atomic mass is 10.2. The molecule has 2 N–H and O–H groups in total. The SMILES string of the molecule is Cc1cnc(Cl)c(NCc2c[nH]c3cc(Cl)ccc23)c1. The molecule has 0 aliphatic heterocycles. The fraction of sp³-hybridized carbons (Fsp3) is 0.133. The van der Waals surface area contributed by atoms with Crippen LogP contribution in [0.2, 0.25) is 10.2 Å². The number of fused-ring (bicyclic) bond motifs is 1. The van der Waals surface area contributed by atoms with Crippen molar-refractivity contribution in [3.8, 4) is 0 Å². The van der Waals surface area contributed by atoms with E-state index in [1.54, 1.807) is 6.20 Å². The van der Waals surface area contributed by atoms with Crippen molar-refractivity contribution in [2.24, 2.45) is 0 Å². The molecule has 102 valence electrons. The Hall–Kier alpha value is -1.71. The normalized spacial score (nSPS) is 10.9. The Morgan fingerprint density at radius 1 is 1.25 bits per heavy atom. The van der Waals surface area contributed by atoms with E-state index in [0.29, 0.717) is 11.7 Å². The van der Waals surface area contributed by atoms with Crippen LogP contribution in [-0.2, 0) is 6.54 Å². The maximum atomic E-state index is 6.08. The van der Waals surface area contributed by atoms with Gasteiger partial charge in [-0.3, -0.25) is 0 Å². The van der Waals surface area contributed by atoms with Gasteiger partial charge in [0.25, 0.3) is 0 Å². The van der Waals surface area contributed by atoms with Crippen molar-refractivity contribution < 1.29 is 0 Å². The molecule has 3 rings (SSSR count). The fourth-order valence-electron chi connectivity index (χ4n) is 2.17. The van der Waals surface area contributed by atoms with Crippen LogP contribution in [0.15, 0.2) is 36.7 Å². The van der Waals surface area contributed by atoms with E-state index in [1.807, 2.05) is 37.4 Å². The number of benzene rings is 1. The summed E-state index contributed by atoms with van der Waals surface area (Å²) in [6.45, 7) is 2.66. The topological polar surface area (TPSA) is 40.7 Å². The molecule has 0 unspecified atom stereocenters. The molecule has 0 aliphatic rings. The van der Waals surface area contributed by atoms with E-state index in [9.17, 15) is 0 Å². The summed E-state index contributed by atoms with van der Waals surface area (Å²) >= 11 is 12.1. The van der Waals surface area contributed by atoms with Gasteiger partial charge in [0.1, 0.15) is 0 Å². The summed E-state index contributed by atoms with van der Waals surface area (Å²) in [5.41, 5.74) is 4.11. The van der Waals surface area contributed by atoms with Crippen LogP contribution in [0.5, 0.6) is 0 Å². The standard InChI is InChI=1S/C15H13Cl2N3/c1-9-4-14(15(17)20-6-9)19-8-10-7-18-13-5-11(16)2-3-12(10)13/h2-7,18-19H,8H2,1H3. The van der Waals surface area contributed by atoms with Crippen molar-refractivity contribution in [2.45, 2.75) is 13.5 Å². The largest absolute Gasteiger partial charge is 0.378 e. The molecule has 5 heteroatoms. The first-order valence-electron chi connectivity index (χ1n) is 6.25. The number of aromatic nitrogens is 2. The molecule has 0 spiro atoms. The van der Waals surface area contributed by atoms with Gasteiger partial charge in [-0.1, -0.05) is 29.3 Å². The smallest absolute Gasteiger partial charge is 0.152 e. The highest BCUT2D eigenvalue weighted by Crippen LogP contribution is 2.24. The van der Waals surface area contributed by atoms with Crippen molar-refractivity contribution in [3.05, 3.63) is 58.0 Å². The maximum absolute atomic E-state index is 6.08. The predicted octanol–water partition coefficient (Wildman–Crippen LogP) is 4.79. The van der Waals surface area contributed by atoms with E-state index in [4.69, 9.17) is 23.2 Å². The Morgan fingerprint density at radius 2 is 2.10 bits per heavy atom. The minimum Gasteiger partial charge on any atom is -0.378 e. The molecule has 0 fully saturated rings. The van der Waals surface area contributed by atoms with Gasteiger partial charge in [-0.05, 0) is 36.2 Å². The van der Waals surface area contributed by atoms with Gasteiger partial charge in [0.15, 0.2) is 5.15 Å². The molecule has 0 amide bonds. The first kappa shape index (κ1) is 13.3. The van der Waals surface area contributed by atoms with Crippen molar-refractivity contribution in [3.63, 3.8) is 0 Å². The summed E-state index contributed by atoms with van der Waals surface area (Å²) in [4.78, 5) is 7.35. The third-order valence-electron chi connectivity index (χ3n) is 3.17. The summed E-state index contributed by atoms with van der Waals surface area (Å²) in [7, 11) is 0. The lowest BCUT2D eigenvalue weighted by molar-refractivity contribution is 1.14. The van der Waals surface area contributed by atoms with Crippen LogP contribution in [0.4, 0.5) is 5.69 Å². The number of rotatable bonds is 3. The van der Waals surface area contributed by atoms with Crippen LogP contribution in [0.3, 0.4) is 0 Å². The third kappa shape index (κ3) is 2.60. The average Bonchev–Trinajstić information content (AvgIpc) is 2.82. The van der Waals surface area contributed by atoms with E-state index in [1.165, 1.54) is 0 Å². The summed E-state index contributed by atoms with van der Waals surface area (Å²) < 4.78 is 0. The summed E-state index contributed by atoms with van der Waals surface area (Å²) in [6.07, 6.45) is 3.73. The zero-order valence-electron chi connectivity index (χ0n) is 10.9. The number of halogens is 2. The van der Waals surface area contributed by atoms with Crippen LogP contribution in [0, 0.1) is 6.92 Å². The molecule has 0 aliphatic carbocycles. The van der Waals surface area contributed by atoms with Crippen molar-refractivity contribution in [1.29, 1.82) is 0 Å². The fourth-order valence-corrected chi connectivity index (χ4v) is 2.51. The number of H-pyrrole nitrogens is 1. The number of hydrogen-bond donors (Lipinski definition) is 2. The van der Waals surface area contributed by atoms with E-state index < -0.39 is 0 Å². The number of aromatic amines is 1. The van der Waals surface area contributed by atoms with Gasteiger partial charge in [-0.2, -0.15) is 0 Å². The van der Waals surface area contributed by atoms with Crippen molar-refractivity contribution >= 4 is 39.8 Å². The molecule has 2 heterocycles. The quantitative estimate of drug-likeness (QED) is 0.683. The van der Waals surface area contributed by atoms with E-state index >= 15 is 0 Å². The van der Waals surface area contributed by atoms with Crippen molar-refractivity contribution in [2.75, 3.05) is 5.32 Å². The molecule has 20 heavy (non-hydrogen) atoms. The lowest BCUT2D eigenvalue weighted by Gasteiger charge is -2.08. The molecule has 2 aromatic heterocycles. The first-order chi connectivity index (χ1) is 9.63. The highest BCUT2D eigenvalue weighted by Gasteiger charge is 2.06. The molecule has 0 bridgehead atoms. The van der Waals surface area contributed by atoms with Gasteiger partial charge >= 0.3 is 0 Å². The number of anilines is 1. The molecule has 0 radical (unpaired) electrons. The second kappa shape index (κ2) is 5.35. The first-order valence-corrected chi connectivity index (χ1v) is 7.00. The van der Waals surface area contributed by atoms with Gasteiger partial charge in [0, 0.05) is 34.9 Å². The van der Waals surface area contributed by atoms with Crippen LogP contribution < -0.4 is 5.32 Å². The maximum Gasteiger partial charge on any atom is 0.152 e. The van der Waals surface area contributed by atoms with Crippen LogP contribution >= 0.6 is 23.2 Å². The van der Waals surface area contributed by atoms with Crippen LogP contribution in [-0.4, -0.2) is 9.97 Å². The monoisotopic (exact) mass is 305 g/mol. The second-order valence-electron chi connectivity index (χ2n) is 4.71. The summed E-state index contributed by atoms with van der Waals surface area (Å²) in [6, 6.07) is 7.81. The minimum absolute atomic E-state index is 0.485. The zero-order valence-corrected chi connectivity index (χ0v) is 12.4. The number of aryl methyl sites for hydroxylation is 1. The molecular formula is C15H13Cl2N3. The molecule has 0 saturated carbocycles. The average molecular weight is 306 g/mol. The van der Waals surface area contributed by atoms with E-state index in [-0.39, 0.29) is 0 Å². The molecule has 0 saturated heterocycles. The summed E-state index contributed by atoms with van der Waals surface area (Å²) in [5, 5.41) is 5.68. The van der Waals surface area contributed by atoms with Crippen molar-refractivity contribution in [1.82, 2.24) is 9.97 Å². The van der Waals surface area contributed by atoms with Gasteiger partial charge in [-0.15, -0.1) is 0 Å². The van der Waals surface area contributed by atoms with Crippen LogP contribution in [0.25, 0.3) is 10.9 Å². The van der Waals surface area contributed by atoms with Gasteiger partial charge in [0.2, 0.25) is 0 Å². The molecular weight excluding hydrogens is 293 g/mol. The highest BCUT2D eigenvalue weighted by atomic mass is 35.5. The van der Waals surface area contributed by atoms with E-state index in [0.717, 1.165) is 32.7 Å². The minimum atomic E-state index is 0.485. The van der Waals surface area contributed by atoms with E-state index in [2.05, 4.69) is 15.3 Å². The second-order valence-corrected chi connectivity index (χ2v) is 5.50. The zero-order chi connectivity index (χ0) is 14.1. The molecule has 3 nitrogen and oxygen atoms in total. The third-order valence-corrected chi connectivity index (χ3v) is 3.71. The number of pyridine rings is 1. The Bertz CT molecular complexity index is 765. The Morgan fingerprint density at radius 3 is 2.95 bits per heavy atom. The Balaban J connectivity index is 1.85. The predicted molar refractivity (Wildman–Crippen MR) is 84.6 cm³/mol. The van der Waals surface area contributed by atoms with Crippen LogP contribution in [0.1, 0.15) is 11.1 Å². The number of nitrogens with one attached hydrogen (secondary N) is 2. The Labute approximate surface area is 126 Å². The summed E-state index contributed by atoms with van der Waals surface area (Å²) in [5.74, 6) is 0. The molecule has 3 aromatic rings. The number of nitrogens with zero attached hydrogens (tertiary/aromatic N) is 1. The van der Waals surface area contributed by atoms with Gasteiger partial charge in [-0.25, -0.2) is 4.98 Å². The van der Waals surface area contributed by atoms with Gasteiger partial charge in [0.05, 0.1) is 5.69 Å². The van der Waals surface area contributed by atoms with Gasteiger partial charge < -0.3 is 10.3 Å². The molecule has 0 atom stereocenters. The molecule has 1 aromatic carbocycles.